The van der Waals surface area contributed by atoms with Crippen molar-refractivity contribution in [1.82, 2.24) is 15.3 Å². The standard InChI is InChI=1S/C17H22ClN5O3/c1-8(12-5-9-4-11(18)2-3-13(9)21-15(12)24)20-16-19-6-10-7-26-17(25)23-14(10)22-16/h6,8-9,11-13H,2-5,7H2,1H3,(H,21,24)(H2,19,20,22,23,25)/t8-,9?,11?,12?,13?/m0/s1. The minimum Gasteiger partial charge on any atom is -0.444 e. The molecule has 2 fully saturated rings. The molecule has 2 aliphatic heterocycles. The van der Waals surface area contributed by atoms with Crippen LogP contribution in [-0.4, -0.2) is 39.4 Å². The van der Waals surface area contributed by atoms with Gasteiger partial charge in [0.2, 0.25) is 11.9 Å². The van der Waals surface area contributed by atoms with Crippen molar-refractivity contribution < 1.29 is 14.3 Å². The van der Waals surface area contributed by atoms with Crippen molar-refractivity contribution in [3.05, 3.63) is 11.8 Å². The average Bonchev–Trinajstić information content (AvgIpc) is 2.61. The van der Waals surface area contributed by atoms with Crippen molar-refractivity contribution in [3.8, 4) is 0 Å². The second-order valence-corrected chi connectivity index (χ2v) is 7.95. The Bertz CT molecular complexity index is 730. The van der Waals surface area contributed by atoms with Gasteiger partial charge in [-0.1, -0.05) is 0 Å². The van der Waals surface area contributed by atoms with Crippen LogP contribution in [0.15, 0.2) is 6.20 Å². The Balaban J connectivity index is 1.44. The number of halogens is 1. The van der Waals surface area contributed by atoms with E-state index in [-0.39, 0.29) is 35.9 Å². The molecule has 1 aromatic rings. The fourth-order valence-corrected chi connectivity index (χ4v) is 4.44. The summed E-state index contributed by atoms with van der Waals surface area (Å²) in [6, 6.07) is 0.108. The molecule has 5 atom stereocenters. The maximum Gasteiger partial charge on any atom is 0.413 e. The van der Waals surface area contributed by atoms with Crippen LogP contribution in [0, 0.1) is 11.8 Å². The van der Waals surface area contributed by atoms with E-state index in [1.54, 1.807) is 6.20 Å². The molecule has 1 saturated heterocycles. The summed E-state index contributed by atoms with van der Waals surface area (Å²) in [6.07, 6.45) is 4.75. The van der Waals surface area contributed by atoms with E-state index in [0.717, 1.165) is 31.2 Å². The van der Waals surface area contributed by atoms with E-state index in [2.05, 4.69) is 25.9 Å². The lowest BCUT2D eigenvalue weighted by atomic mass is 9.74. The number of rotatable bonds is 3. The van der Waals surface area contributed by atoms with Crippen LogP contribution in [-0.2, 0) is 16.1 Å². The lowest BCUT2D eigenvalue weighted by Gasteiger charge is -2.42. The highest BCUT2D eigenvalue weighted by atomic mass is 35.5. The molecule has 0 spiro atoms. The van der Waals surface area contributed by atoms with E-state index in [9.17, 15) is 9.59 Å². The molecular weight excluding hydrogens is 358 g/mol. The van der Waals surface area contributed by atoms with E-state index in [1.165, 1.54) is 0 Å². The number of hydrogen-bond donors (Lipinski definition) is 3. The summed E-state index contributed by atoms with van der Waals surface area (Å²) >= 11 is 6.32. The Hall–Kier alpha value is -2.09. The smallest absolute Gasteiger partial charge is 0.413 e. The number of anilines is 2. The summed E-state index contributed by atoms with van der Waals surface area (Å²) < 4.78 is 4.88. The third-order valence-electron chi connectivity index (χ3n) is 5.54. The van der Waals surface area contributed by atoms with E-state index in [0.29, 0.717) is 17.7 Å². The average molecular weight is 380 g/mol. The van der Waals surface area contributed by atoms with Crippen LogP contribution in [0.25, 0.3) is 0 Å². The Morgan fingerprint density at radius 2 is 2.19 bits per heavy atom. The first-order chi connectivity index (χ1) is 12.5. The van der Waals surface area contributed by atoms with Gasteiger partial charge in [-0.15, -0.1) is 11.6 Å². The molecule has 3 N–H and O–H groups in total. The molecule has 8 nitrogen and oxygen atoms in total. The number of ether oxygens (including phenoxy) is 1. The lowest BCUT2D eigenvalue weighted by molar-refractivity contribution is -0.130. The molecule has 9 heteroatoms. The molecule has 3 aliphatic rings. The van der Waals surface area contributed by atoms with Gasteiger partial charge in [0.05, 0.1) is 11.5 Å². The fraction of sp³-hybridized carbons (Fsp3) is 0.647. The molecule has 1 aliphatic carbocycles. The molecule has 4 unspecified atom stereocenters. The summed E-state index contributed by atoms with van der Waals surface area (Å²) in [4.78, 5) is 32.5. The first-order valence-corrected chi connectivity index (χ1v) is 9.44. The van der Waals surface area contributed by atoms with E-state index >= 15 is 0 Å². The highest BCUT2D eigenvalue weighted by molar-refractivity contribution is 6.20. The van der Waals surface area contributed by atoms with Gasteiger partial charge in [-0.2, -0.15) is 4.98 Å². The van der Waals surface area contributed by atoms with Crippen molar-refractivity contribution in [2.24, 2.45) is 11.8 Å². The third kappa shape index (κ3) is 3.42. The van der Waals surface area contributed by atoms with Crippen LogP contribution in [0.4, 0.5) is 16.6 Å². The van der Waals surface area contributed by atoms with Gasteiger partial charge in [0, 0.05) is 23.7 Å². The molecule has 4 rings (SSSR count). The van der Waals surface area contributed by atoms with Crippen LogP contribution in [0.2, 0.25) is 0 Å². The van der Waals surface area contributed by atoms with Gasteiger partial charge in [-0.05, 0) is 38.5 Å². The Kier molecular flexibility index (Phi) is 4.60. The van der Waals surface area contributed by atoms with Crippen LogP contribution in [0.3, 0.4) is 0 Å². The molecule has 2 amide bonds. The van der Waals surface area contributed by atoms with Crippen LogP contribution in [0.1, 0.15) is 38.2 Å². The Morgan fingerprint density at radius 3 is 3.04 bits per heavy atom. The maximum absolute atomic E-state index is 12.5. The maximum atomic E-state index is 12.5. The summed E-state index contributed by atoms with van der Waals surface area (Å²) in [5.41, 5.74) is 0.719. The number of aromatic nitrogens is 2. The second-order valence-electron chi connectivity index (χ2n) is 7.33. The van der Waals surface area contributed by atoms with Crippen LogP contribution < -0.4 is 16.0 Å². The minimum absolute atomic E-state index is 0.0685. The molecular formula is C17H22ClN5O3. The summed E-state index contributed by atoms with van der Waals surface area (Å²) in [5, 5.41) is 9.12. The molecule has 0 aromatic carbocycles. The molecule has 1 saturated carbocycles. The number of cyclic esters (lactones) is 1. The predicted molar refractivity (Wildman–Crippen MR) is 95.9 cm³/mol. The topological polar surface area (TPSA) is 105 Å². The molecule has 3 heterocycles. The number of alkyl halides is 1. The summed E-state index contributed by atoms with van der Waals surface area (Å²) in [5.74, 6) is 1.14. The molecule has 0 bridgehead atoms. The number of piperidine rings is 1. The van der Waals surface area contributed by atoms with E-state index in [4.69, 9.17) is 16.3 Å². The van der Waals surface area contributed by atoms with Gasteiger partial charge in [-0.3, -0.25) is 10.1 Å². The number of carbonyl (C=O) groups is 2. The summed E-state index contributed by atoms with van der Waals surface area (Å²) in [7, 11) is 0. The first-order valence-electron chi connectivity index (χ1n) is 9.00. The normalized spacial score (nSPS) is 31.6. The highest BCUT2D eigenvalue weighted by Gasteiger charge is 2.41. The van der Waals surface area contributed by atoms with Crippen molar-refractivity contribution >= 4 is 35.4 Å². The Labute approximate surface area is 156 Å². The zero-order valence-electron chi connectivity index (χ0n) is 14.5. The number of carbonyl (C=O) groups excluding carboxylic acids is 2. The van der Waals surface area contributed by atoms with Crippen molar-refractivity contribution in [2.75, 3.05) is 10.6 Å². The van der Waals surface area contributed by atoms with Gasteiger partial charge in [-0.25, -0.2) is 9.78 Å². The molecule has 1 aromatic heterocycles. The third-order valence-corrected chi connectivity index (χ3v) is 5.94. The van der Waals surface area contributed by atoms with Gasteiger partial charge in [0.1, 0.15) is 12.4 Å². The summed E-state index contributed by atoms with van der Waals surface area (Å²) in [6.45, 7) is 2.11. The van der Waals surface area contributed by atoms with Gasteiger partial charge < -0.3 is 15.4 Å². The fourth-order valence-electron chi connectivity index (χ4n) is 4.08. The number of nitrogens with zero attached hydrogens (tertiary/aromatic N) is 2. The lowest BCUT2D eigenvalue weighted by Crippen LogP contribution is -2.55. The molecule has 0 radical (unpaired) electrons. The zero-order valence-corrected chi connectivity index (χ0v) is 15.3. The number of hydrogen-bond acceptors (Lipinski definition) is 6. The van der Waals surface area contributed by atoms with Crippen molar-refractivity contribution in [3.63, 3.8) is 0 Å². The molecule has 140 valence electrons. The minimum atomic E-state index is -0.527. The van der Waals surface area contributed by atoms with Gasteiger partial charge >= 0.3 is 6.09 Å². The van der Waals surface area contributed by atoms with Crippen molar-refractivity contribution in [1.29, 1.82) is 0 Å². The SMILES string of the molecule is C[C@H](Nc1ncc2c(n1)NC(=O)OC2)C1CC2CC(Cl)CCC2NC1=O. The first kappa shape index (κ1) is 17.3. The van der Waals surface area contributed by atoms with Crippen LogP contribution >= 0.6 is 11.6 Å². The quantitative estimate of drug-likeness (QED) is 0.695. The number of fused-ring (bicyclic) bond motifs is 2. The van der Waals surface area contributed by atoms with Gasteiger partial charge in [0.25, 0.3) is 0 Å². The number of amides is 2. The monoisotopic (exact) mass is 379 g/mol. The molecule has 26 heavy (non-hydrogen) atoms. The zero-order chi connectivity index (χ0) is 18.3. The predicted octanol–water partition coefficient (Wildman–Crippen LogP) is 2.25. The van der Waals surface area contributed by atoms with Crippen LogP contribution in [0.5, 0.6) is 0 Å². The second kappa shape index (κ2) is 6.90. The number of nitrogens with one attached hydrogen (secondary N) is 3. The largest absolute Gasteiger partial charge is 0.444 e. The van der Waals surface area contributed by atoms with E-state index in [1.807, 2.05) is 6.92 Å². The Morgan fingerprint density at radius 1 is 1.35 bits per heavy atom. The highest BCUT2D eigenvalue weighted by Crippen LogP contribution is 2.36. The van der Waals surface area contributed by atoms with Crippen molar-refractivity contribution in [2.45, 2.75) is 56.7 Å². The van der Waals surface area contributed by atoms with E-state index < -0.39 is 6.09 Å². The van der Waals surface area contributed by atoms with Gasteiger partial charge in [0.15, 0.2) is 0 Å².